The van der Waals surface area contributed by atoms with Crippen molar-refractivity contribution in [2.24, 2.45) is 11.7 Å². The molecule has 2 rings (SSSR count). The van der Waals surface area contributed by atoms with Gasteiger partial charge in [-0.05, 0) is 19.3 Å². The number of halogens is 3. The van der Waals surface area contributed by atoms with Crippen molar-refractivity contribution in [3.05, 3.63) is 12.3 Å². The Labute approximate surface area is 150 Å². The molecule has 0 aliphatic carbocycles. The Morgan fingerprint density at radius 3 is 2.50 bits per heavy atom. The zero-order chi connectivity index (χ0) is 19.5. The van der Waals surface area contributed by atoms with Crippen LogP contribution in [0, 0.1) is 5.92 Å². The zero-order valence-corrected chi connectivity index (χ0v) is 15.2. The summed E-state index contributed by atoms with van der Waals surface area (Å²) >= 11 is 0. The van der Waals surface area contributed by atoms with E-state index in [1.165, 1.54) is 6.92 Å². The van der Waals surface area contributed by atoms with Gasteiger partial charge in [0, 0.05) is 12.5 Å². The third-order valence-electron chi connectivity index (χ3n) is 4.44. The smallest absolute Gasteiger partial charge is 0.381 e. The van der Waals surface area contributed by atoms with Gasteiger partial charge < -0.3 is 24.1 Å². The van der Waals surface area contributed by atoms with E-state index in [1.807, 2.05) is 0 Å². The fraction of sp³-hybridized carbons (Fsp3) is 0.867. The minimum Gasteiger partial charge on any atom is -0.381 e. The Kier molecular flexibility index (Phi) is 6.94. The van der Waals surface area contributed by atoms with Gasteiger partial charge in [0.15, 0.2) is 0 Å². The lowest BCUT2D eigenvalue weighted by Crippen LogP contribution is -2.44. The molecule has 26 heavy (non-hydrogen) atoms. The SMILES string of the molecule is C=C(OS(=O)(=O)C(F)(F)F)C(C)C[C@H]1CCC2OC(CN)COCC2O1. The second-order valence-corrected chi connectivity index (χ2v) is 8.07. The summed E-state index contributed by atoms with van der Waals surface area (Å²) in [7, 11) is -5.71. The number of hydrogen-bond donors (Lipinski definition) is 1. The largest absolute Gasteiger partial charge is 0.534 e. The maximum Gasteiger partial charge on any atom is 0.534 e. The second-order valence-electron chi connectivity index (χ2n) is 6.53. The molecule has 0 spiro atoms. The molecule has 152 valence electrons. The number of nitrogens with two attached hydrogens (primary N) is 1. The topological polar surface area (TPSA) is 97.1 Å². The number of fused-ring (bicyclic) bond motifs is 1. The molecule has 4 unspecified atom stereocenters. The predicted octanol–water partition coefficient (Wildman–Crippen LogP) is 1.68. The first-order valence-electron chi connectivity index (χ1n) is 8.31. The van der Waals surface area contributed by atoms with Crippen LogP contribution in [0.1, 0.15) is 26.2 Å². The van der Waals surface area contributed by atoms with Crippen LogP contribution >= 0.6 is 0 Å². The lowest BCUT2D eigenvalue weighted by atomic mass is 9.94. The molecule has 2 heterocycles. The first kappa shape index (κ1) is 21.4. The highest BCUT2D eigenvalue weighted by atomic mass is 32.2. The number of alkyl halides is 3. The molecule has 2 N–H and O–H groups in total. The highest BCUT2D eigenvalue weighted by Gasteiger charge is 2.49. The molecule has 0 aromatic heterocycles. The molecular weight excluding hydrogens is 379 g/mol. The van der Waals surface area contributed by atoms with Crippen LogP contribution in [0.15, 0.2) is 12.3 Å². The summed E-state index contributed by atoms with van der Waals surface area (Å²) in [4.78, 5) is 0. The quantitative estimate of drug-likeness (QED) is 0.409. The Bertz CT molecular complexity index is 597. The molecule has 0 radical (unpaired) electrons. The van der Waals surface area contributed by atoms with Crippen LogP contribution in [0.2, 0.25) is 0 Å². The zero-order valence-electron chi connectivity index (χ0n) is 14.4. The third-order valence-corrected chi connectivity index (χ3v) is 5.44. The summed E-state index contributed by atoms with van der Waals surface area (Å²) < 4.78 is 80.6. The Balaban J connectivity index is 1.88. The molecule has 0 aromatic rings. The van der Waals surface area contributed by atoms with Crippen LogP contribution in [0.5, 0.6) is 0 Å². The van der Waals surface area contributed by atoms with E-state index >= 15 is 0 Å². The Morgan fingerprint density at radius 2 is 1.88 bits per heavy atom. The predicted molar refractivity (Wildman–Crippen MR) is 85.4 cm³/mol. The molecule has 2 aliphatic heterocycles. The number of rotatable bonds is 6. The maximum absolute atomic E-state index is 12.4. The van der Waals surface area contributed by atoms with Gasteiger partial charge in [0.25, 0.3) is 0 Å². The minimum atomic E-state index is -5.71. The van der Waals surface area contributed by atoms with Gasteiger partial charge in [-0.3, -0.25) is 0 Å². The van der Waals surface area contributed by atoms with Crippen LogP contribution < -0.4 is 5.73 Å². The van der Waals surface area contributed by atoms with E-state index in [2.05, 4.69) is 10.8 Å². The number of ether oxygens (including phenoxy) is 3. The van der Waals surface area contributed by atoms with Crippen molar-refractivity contribution < 1.29 is 40.0 Å². The number of hydrogen-bond acceptors (Lipinski definition) is 7. The molecule has 0 saturated carbocycles. The van der Waals surface area contributed by atoms with Crippen LogP contribution in [0.4, 0.5) is 13.2 Å². The van der Waals surface area contributed by atoms with Gasteiger partial charge in [-0.15, -0.1) is 0 Å². The molecule has 2 fully saturated rings. The van der Waals surface area contributed by atoms with Crippen molar-refractivity contribution in [3.8, 4) is 0 Å². The van der Waals surface area contributed by atoms with Gasteiger partial charge in [0.2, 0.25) is 0 Å². The van der Waals surface area contributed by atoms with E-state index < -0.39 is 27.3 Å². The van der Waals surface area contributed by atoms with Gasteiger partial charge in [0.05, 0.1) is 31.5 Å². The fourth-order valence-corrected chi connectivity index (χ4v) is 3.48. The molecule has 11 heteroatoms. The highest BCUT2D eigenvalue weighted by molar-refractivity contribution is 7.87. The van der Waals surface area contributed by atoms with Crippen molar-refractivity contribution in [1.29, 1.82) is 0 Å². The van der Waals surface area contributed by atoms with Crippen molar-refractivity contribution in [1.82, 2.24) is 0 Å². The van der Waals surface area contributed by atoms with Crippen molar-refractivity contribution >= 4 is 10.1 Å². The second kappa shape index (κ2) is 8.42. The molecule has 0 bridgehead atoms. The monoisotopic (exact) mass is 403 g/mol. The van der Waals surface area contributed by atoms with Crippen LogP contribution in [0.25, 0.3) is 0 Å². The van der Waals surface area contributed by atoms with Gasteiger partial charge in [0.1, 0.15) is 11.9 Å². The highest BCUT2D eigenvalue weighted by Crippen LogP contribution is 2.32. The normalized spacial score (nSPS) is 31.6. The Morgan fingerprint density at radius 1 is 1.23 bits per heavy atom. The van der Waals surface area contributed by atoms with Crippen LogP contribution in [-0.2, 0) is 28.5 Å². The first-order valence-corrected chi connectivity index (χ1v) is 9.72. The average Bonchev–Trinajstić information content (AvgIpc) is 2.74. The van der Waals surface area contributed by atoms with E-state index in [9.17, 15) is 21.6 Å². The van der Waals surface area contributed by atoms with E-state index in [4.69, 9.17) is 19.9 Å². The summed E-state index contributed by atoms with van der Waals surface area (Å²) in [5.41, 5.74) is 0.116. The molecule has 2 saturated heterocycles. The van der Waals surface area contributed by atoms with Gasteiger partial charge in [-0.2, -0.15) is 21.6 Å². The van der Waals surface area contributed by atoms with E-state index in [0.29, 0.717) is 32.6 Å². The maximum atomic E-state index is 12.4. The summed E-state index contributed by atoms with van der Waals surface area (Å²) in [5, 5.41) is 0. The number of allylic oxidation sites excluding steroid dienone is 1. The summed E-state index contributed by atoms with van der Waals surface area (Å²) in [6.45, 7) is 5.92. The van der Waals surface area contributed by atoms with Gasteiger partial charge in [-0.25, -0.2) is 0 Å². The lowest BCUT2D eigenvalue weighted by molar-refractivity contribution is -0.149. The van der Waals surface area contributed by atoms with Gasteiger partial charge >= 0.3 is 15.6 Å². The summed E-state index contributed by atoms with van der Waals surface area (Å²) in [6.07, 6.45) is 0.647. The lowest BCUT2D eigenvalue weighted by Gasteiger charge is -2.36. The molecule has 0 amide bonds. The summed E-state index contributed by atoms with van der Waals surface area (Å²) in [5.74, 6) is -1.11. The average molecular weight is 403 g/mol. The third kappa shape index (κ3) is 5.32. The van der Waals surface area contributed by atoms with Gasteiger partial charge in [-0.1, -0.05) is 13.5 Å². The molecule has 5 atom stereocenters. The van der Waals surface area contributed by atoms with Crippen LogP contribution in [-0.4, -0.2) is 58.1 Å². The Hall–Kier alpha value is -0.880. The fourth-order valence-electron chi connectivity index (χ4n) is 2.94. The molecular formula is C15H24F3NO6S. The minimum absolute atomic E-state index is 0.150. The standard InChI is InChI=1S/C15H24F3NO6S/c1-9(10(2)25-26(20,21)15(16,17)18)5-11-3-4-13-14(23-11)8-22-7-12(6-19)24-13/h9,11-14H,2-8,19H2,1H3/t9?,11-,12?,13?,14?/m1/s1. The van der Waals surface area contributed by atoms with Crippen molar-refractivity contribution in [2.75, 3.05) is 19.8 Å². The summed E-state index contributed by atoms with van der Waals surface area (Å²) in [6, 6.07) is 0. The molecule has 0 aromatic carbocycles. The van der Waals surface area contributed by atoms with E-state index in [0.717, 1.165) is 0 Å². The van der Waals surface area contributed by atoms with Crippen LogP contribution in [0.3, 0.4) is 0 Å². The van der Waals surface area contributed by atoms with Crippen molar-refractivity contribution in [2.45, 2.75) is 56.1 Å². The molecule has 7 nitrogen and oxygen atoms in total. The first-order chi connectivity index (χ1) is 12.0. The molecule has 2 aliphatic rings. The van der Waals surface area contributed by atoms with E-state index in [1.54, 1.807) is 0 Å². The van der Waals surface area contributed by atoms with E-state index in [-0.39, 0.29) is 30.8 Å². The van der Waals surface area contributed by atoms with Crippen molar-refractivity contribution in [3.63, 3.8) is 0 Å².